The third-order valence-corrected chi connectivity index (χ3v) is 2.09. The minimum Gasteiger partial charge on any atom is -0.337 e. The maximum atomic E-state index is 5.11. The van der Waals surface area contributed by atoms with E-state index < -0.39 is 0 Å². The smallest absolute Gasteiger partial charge is 0.240 e. The van der Waals surface area contributed by atoms with Crippen LogP contribution in [-0.4, -0.2) is 26.7 Å². The van der Waals surface area contributed by atoms with Gasteiger partial charge in [0.05, 0.1) is 12.7 Å². The molecule has 0 atom stereocenters. The first-order chi connectivity index (χ1) is 8.25. The van der Waals surface area contributed by atoms with Gasteiger partial charge >= 0.3 is 0 Å². The lowest BCUT2D eigenvalue weighted by molar-refractivity contribution is 0.364. The average Bonchev–Trinajstić information content (AvgIpc) is 2.78. The second kappa shape index (κ2) is 5.49. The fourth-order valence-corrected chi connectivity index (χ4v) is 1.31. The normalized spacial score (nSPS) is 11.0. The molecule has 1 N–H and O–H groups in total. The lowest BCUT2D eigenvalue weighted by atomic mass is 10.2. The van der Waals surface area contributed by atoms with E-state index >= 15 is 0 Å². The van der Waals surface area contributed by atoms with Crippen molar-refractivity contribution in [3.05, 3.63) is 24.5 Å². The van der Waals surface area contributed by atoms with Crippen LogP contribution >= 0.6 is 0 Å². The molecule has 0 saturated carbocycles. The molecule has 2 aromatic heterocycles. The van der Waals surface area contributed by atoms with E-state index in [4.69, 9.17) is 4.52 Å². The molecule has 2 aromatic rings. The largest absolute Gasteiger partial charge is 0.337 e. The molecule has 0 aliphatic heterocycles. The molecule has 0 saturated heterocycles. The highest BCUT2D eigenvalue weighted by molar-refractivity contribution is 5.45. The van der Waals surface area contributed by atoms with E-state index in [2.05, 4.69) is 39.3 Å². The molecular formula is C11H15N5O. The van der Waals surface area contributed by atoms with Gasteiger partial charge in [-0.25, -0.2) is 4.98 Å². The van der Waals surface area contributed by atoms with Crippen LogP contribution in [0.1, 0.15) is 19.7 Å². The van der Waals surface area contributed by atoms with Crippen molar-refractivity contribution < 1.29 is 4.52 Å². The van der Waals surface area contributed by atoms with Crippen LogP contribution in [0, 0.1) is 5.92 Å². The third-order valence-electron chi connectivity index (χ3n) is 2.09. The summed E-state index contributed by atoms with van der Waals surface area (Å²) in [7, 11) is 0. The molecule has 6 nitrogen and oxygen atoms in total. The Morgan fingerprint density at radius 2 is 2.24 bits per heavy atom. The van der Waals surface area contributed by atoms with E-state index in [1.807, 2.05) is 0 Å². The van der Waals surface area contributed by atoms with Crippen molar-refractivity contribution in [1.29, 1.82) is 0 Å². The fraction of sp³-hybridized carbons (Fsp3) is 0.455. The van der Waals surface area contributed by atoms with Gasteiger partial charge in [-0.2, -0.15) is 4.98 Å². The zero-order chi connectivity index (χ0) is 12.1. The first-order valence-electron chi connectivity index (χ1n) is 5.55. The first kappa shape index (κ1) is 11.7. The summed E-state index contributed by atoms with van der Waals surface area (Å²) in [4.78, 5) is 12.3. The van der Waals surface area contributed by atoms with Gasteiger partial charge in [-0.05, 0) is 12.5 Å². The zero-order valence-electron chi connectivity index (χ0n) is 9.92. The van der Waals surface area contributed by atoms with Gasteiger partial charge in [-0.15, -0.1) is 0 Å². The van der Waals surface area contributed by atoms with Crippen LogP contribution in [0.5, 0.6) is 0 Å². The molecule has 0 fully saturated rings. The summed E-state index contributed by atoms with van der Waals surface area (Å²) in [5.74, 6) is 1.63. The Bertz CT molecular complexity index is 454. The number of hydrogen-bond acceptors (Lipinski definition) is 6. The number of aromatic nitrogens is 4. The maximum Gasteiger partial charge on any atom is 0.240 e. The van der Waals surface area contributed by atoms with Crippen molar-refractivity contribution in [2.45, 2.75) is 20.4 Å². The Labute approximate surface area is 99.5 Å². The van der Waals surface area contributed by atoms with Gasteiger partial charge in [0.15, 0.2) is 0 Å². The van der Waals surface area contributed by atoms with Crippen LogP contribution in [-0.2, 0) is 6.54 Å². The monoisotopic (exact) mass is 233 g/mol. The molecule has 2 rings (SSSR count). The van der Waals surface area contributed by atoms with E-state index in [1.54, 1.807) is 18.6 Å². The maximum absolute atomic E-state index is 5.11. The topological polar surface area (TPSA) is 76.7 Å². The summed E-state index contributed by atoms with van der Waals surface area (Å²) in [6.45, 7) is 5.78. The van der Waals surface area contributed by atoms with Crippen LogP contribution in [0.4, 0.5) is 0 Å². The van der Waals surface area contributed by atoms with Gasteiger partial charge in [-0.3, -0.25) is 4.98 Å². The number of nitrogens with zero attached hydrogens (tertiary/aromatic N) is 4. The molecule has 0 spiro atoms. The Kier molecular flexibility index (Phi) is 3.77. The fourth-order valence-electron chi connectivity index (χ4n) is 1.31. The lowest BCUT2D eigenvalue weighted by Gasteiger charge is -2.03. The van der Waals surface area contributed by atoms with Crippen molar-refractivity contribution in [3.63, 3.8) is 0 Å². The molecule has 90 valence electrons. The van der Waals surface area contributed by atoms with Crippen molar-refractivity contribution >= 4 is 0 Å². The second-order valence-corrected chi connectivity index (χ2v) is 4.13. The summed E-state index contributed by atoms with van der Waals surface area (Å²) in [5.41, 5.74) is 0.617. The molecule has 0 bridgehead atoms. The summed E-state index contributed by atoms with van der Waals surface area (Å²) < 4.78 is 5.11. The second-order valence-electron chi connectivity index (χ2n) is 4.13. The average molecular weight is 233 g/mol. The van der Waals surface area contributed by atoms with Gasteiger partial charge in [-0.1, -0.05) is 19.0 Å². The number of hydrogen-bond donors (Lipinski definition) is 1. The molecule has 0 radical (unpaired) electrons. The highest BCUT2D eigenvalue weighted by Gasteiger charge is 2.09. The first-order valence-corrected chi connectivity index (χ1v) is 5.55. The molecule has 6 heteroatoms. The van der Waals surface area contributed by atoms with Gasteiger partial charge in [0.1, 0.15) is 5.69 Å². The molecule has 2 heterocycles. The van der Waals surface area contributed by atoms with E-state index in [9.17, 15) is 0 Å². The minimum atomic E-state index is 0.472. The lowest BCUT2D eigenvalue weighted by Crippen LogP contribution is -2.19. The molecule has 0 aliphatic carbocycles. The summed E-state index contributed by atoms with van der Waals surface area (Å²) >= 11 is 0. The molecule has 0 aromatic carbocycles. The Hall–Kier alpha value is -1.82. The summed E-state index contributed by atoms with van der Waals surface area (Å²) in [6.07, 6.45) is 4.81. The summed E-state index contributed by atoms with van der Waals surface area (Å²) in [6, 6.07) is 0. The van der Waals surface area contributed by atoms with Crippen molar-refractivity contribution in [1.82, 2.24) is 25.4 Å². The number of rotatable bonds is 5. The minimum absolute atomic E-state index is 0.472. The SMILES string of the molecule is CC(C)CNCc1nc(-c2cnccn2)no1. The van der Waals surface area contributed by atoms with E-state index in [0.717, 1.165) is 6.54 Å². The number of nitrogens with one attached hydrogen (secondary N) is 1. The molecule has 0 aliphatic rings. The van der Waals surface area contributed by atoms with Crippen LogP contribution in [0.2, 0.25) is 0 Å². The van der Waals surface area contributed by atoms with Crippen molar-refractivity contribution in [3.8, 4) is 11.5 Å². The quantitative estimate of drug-likeness (QED) is 0.838. The molecular weight excluding hydrogens is 218 g/mol. The van der Waals surface area contributed by atoms with Crippen LogP contribution in [0.3, 0.4) is 0 Å². The Morgan fingerprint density at radius 3 is 2.94 bits per heavy atom. The third kappa shape index (κ3) is 3.32. The van der Waals surface area contributed by atoms with Gasteiger partial charge < -0.3 is 9.84 Å². The van der Waals surface area contributed by atoms with Crippen LogP contribution in [0.25, 0.3) is 11.5 Å². The highest BCUT2D eigenvalue weighted by atomic mass is 16.5. The van der Waals surface area contributed by atoms with E-state index in [1.165, 1.54) is 0 Å². The van der Waals surface area contributed by atoms with E-state index in [0.29, 0.717) is 29.9 Å². The van der Waals surface area contributed by atoms with Crippen LogP contribution in [0.15, 0.2) is 23.1 Å². The van der Waals surface area contributed by atoms with Crippen LogP contribution < -0.4 is 5.32 Å². The predicted molar refractivity (Wildman–Crippen MR) is 61.9 cm³/mol. The Morgan fingerprint density at radius 1 is 1.35 bits per heavy atom. The highest BCUT2D eigenvalue weighted by Crippen LogP contribution is 2.10. The van der Waals surface area contributed by atoms with Crippen molar-refractivity contribution in [2.24, 2.45) is 5.92 Å². The van der Waals surface area contributed by atoms with Gasteiger partial charge in [0.25, 0.3) is 0 Å². The van der Waals surface area contributed by atoms with E-state index in [-0.39, 0.29) is 0 Å². The standard InChI is InChI=1S/C11H15N5O/c1-8(2)5-13-7-10-15-11(16-17-10)9-6-12-3-4-14-9/h3-4,6,8,13H,5,7H2,1-2H3. The van der Waals surface area contributed by atoms with Gasteiger partial charge in [0, 0.05) is 12.4 Å². The van der Waals surface area contributed by atoms with Crippen molar-refractivity contribution in [2.75, 3.05) is 6.54 Å². The Balaban J connectivity index is 1.97. The molecule has 17 heavy (non-hydrogen) atoms. The predicted octanol–water partition coefficient (Wildman–Crippen LogP) is 1.27. The van der Waals surface area contributed by atoms with Gasteiger partial charge in [0.2, 0.25) is 11.7 Å². The molecule has 0 amide bonds. The summed E-state index contributed by atoms with van der Waals surface area (Å²) in [5, 5.41) is 7.09. The zero-order valence-corrected chi connectivity index (χ0v) is 9.92. The molecule has 0 unspecified atom stereocenters.